The van der Waals surface area contributed by atoms with Crippen molar-refractivity contribution in [3.05, 3.63) is 42.0 Å². The van der Waals surface area contributed by atoms with Crippen LogP contribution in [0.5, 0.6) is 0 Å². The maximum Gasteiger partial charge on any atom is 0.191 e. The van der Waals surface area contributed by atoms with Crippen LogP contribution in [0.15, 0.2) is 41.4 Å². The van der Waals surface area contributed by atoms with Gasteiger partial charge in [-0.15, -0.1) is 24.0 Å². The first-order valence-electron chi connectivity index (χ1n) is 11.0. The Balaban J connectivity index is 0.00000300. The lowest BCUT2D eigenvalue weighted by molar-refractivity contribution is 0.191. The molecular formula is C23H38IN5. The van der Waals surface area contributed by atoms with Crippen LogP contribution in [0, 0.1) is 5.92 Å². The van der Waals surface area contributed by atoms with E-state index in [0.29, 0.717) is 6.54 Å². The van der Waals surface area contributed by atoms with Crippen LogP contribution in [0.1, 0.15) is 38.7 Å². The van der Waals surface area contributed by atoms with Gasteiger partial charge in [-0.05, 0) is 69.4 Å². The first-order chi connectivity index (χ1) is 13.7. The van der Waals surface area contributed by atoms with Gasteiger partial charge in [0.15, 0.2) is 5.96 Å². The molecule has 1 aromatic rings. The third-order valence-corrected chi connectivity index (χ3v) is 5.68. The summed E-state index contributed by atoms with van der Waals surface area (Å²) in [6, 6.07) is 8.75. The highest BCUT2D eigenvalue weighted by atomic mass is 127. The number of hydrogen-bond donors (Lipinski definition) is 2. The van der Waals surface area contributed by atoms with Crippen molar-refractivity contribution < 1.29 is 0 Å². The first-order valence-corrected chi connectivity index (χ1v) is 11.0. The molecule has 1 aromatic carbocycles. The molecule has 5 nitrogen and oxygen atoms in total. The predicted octanol–water partition coefficient (Wildman–Crippen LogP) is 3.86. The topological polar surface area (TPSA) is 42.9 Å². The summed E-state index contributed by atoms with van der Waals surface area (Å²) in [7, 11) is 0. The quantitative estimate of drug-likeness (QED) is 0.183. The van der Waals surface area contributed by atoms with Crippen LogP contribution in [0.3, 0.4) is 0 Å². The molecule has 0 saturated carbocycles. The van der Waals surface area contributed by atoms with Gasteiger partial charge in [0.2, 0.25) is 0 Å². The molecule has 1 saturated heterocycles. The van der Waals surface area contributed by atoms with Crippen LogP contribution in [-0.2, 0) is 6.54 Å². The zero-order chi connectivity index (χ0) is 19.6. The van der Waals surface area contributed by atoms with Crippen LogP contribution in [0.25, 0.3) is 0 Å². The van der Waals surface area contributed by atoms with Crippen LogP contribution in [0.2, 0.25) is 0 Å². The standard InChI is InChI=1S/C23H37N5.HI/c1-3-24-23(25-12-7-13-27-16-10-20(2)11-17-27)26-19-21-8-6-9-22(18-21)28-14-4-5-15-28;/h4-6,8-9,18,20H,3,7,10-17,19H2,1-2H3,(H2,24,25,26);1H. The number of halogens is 1. The SMILES string of the molecule is CCNC(=NCc1cccc(N2CC=CC2)c1)NCCCN1CCC(C)CC1.I. The van der Waals surface area contributed by atoms with Crippen molar-refractivity contribution in [3.63, 3.8) is 0 Å². The fourth-order valence-corrected chi connectivity index (χ4v) is 3.85. The van der Waals surface area contributed by atoms with E-state index < -0.39 is 0 Å². The summed E-state index contributed by atoms with van der Waals surface area (Å²) < 4.78 is 0. The van der Waals surface area contributed by atoms with Crippen molar-refractivity contribution in [1.29, 1.82) is 0 Å². The van der Waals surface area contributed by atoms with E-state index in [0.717, 1.165) is 44.5 Å². The molecule has 1 fully saturated rings. The number of guanidine groups is 1. The second-order valence-electron chi connectivity index (χ2n) is 8.05. The third-order valence-electron chi connectivity index (χ3n) is 5.68. The fourth-order valence-electron chi connectivity index (χ4n) is 3.85. The van der Waals surface area contributed by atoms with E-state index in [2.05, 4.69) is 70.7 Å². The highest BCUT2D eigenvalue weighted by Crippen LogP contribution is 2.19. The van der Waals surface area contributed by atoms with Crippen LogP contribution in [0.4, 0.5) is 5.69 Å². The normalized spacial score (nSPS) is 18.0. The molecule has 0 bridgehead atoms. The minimum Gasteiger partial charge on any atom is -0.364 e. The van der Waals surface area contributed by atoms with E-state index >= 15 is 0 Å². The van der Waals surface area contributed by atoms with Gasteiger partial charge in [-0.3, -0.25) is 0 Å². The smallest absolute Gasteiger partial charge is 0.191 e. The Bertz CT molecular complexity index is 644. The summed E-state index contributed by atoms with van der Waals surface area (Å²) in [5.41, 5.74) is 2.54. The molecule has 0 aliphatic carbocycles. The van der Waals surface area contributed by atoms with Gasteiger partial charge < -0.3 is 20.4 Å². The Morgan fingerprint density at radius 1 is 1.14 bits per heavy atom. The van der Waals surface area contributed by atoms with E-state index in [1.807, 2.05) is 0 Å². The Kier molecular flexibility index (Phi) is 10.8. The molecule has 0 unspecified atom stereocenters. The molecular weight excluding hydrogens is 473 g/mol. The Hall–Kier alpha value is -1.28. The summed E-state index contributed by atoms with van der Waals surface area (Å²) in [4.78, 5) is 9.77. The third kappa shape index (κ3) is 8.16. The van der Waals surface area contributed by atoms with Gasteiger partial charge in [-0.25, -0.2) is 4.99 Å². The van der Waals surface area contributed by atoms with Gasteiger partial charge >= 0.3 is 0 Å². The van der Waals surface area contributed by atoms with E-state index in [1.54, 1.807) is 0 Å². The Morgan fingerprint density at radius 2 is 1.90 bits per heavy atom. The maximum atomic E-state index is 4.79. The lowest BCUT2D eigenvalue weighted by atomic mass is 9.99. The molecule has 3 rings (SSSR count). The zero-order valence-electron chi connectivity index (χ0n) is 18.1. The largest absolute Gasteiger partial charge is 0.364 e. The van der Waals surface area contributed by atoms with Gasteiger partial charge in [0, 0.05) is 31.9 Å². The number of benzene rings is 1. The second kappa shape index (κ2) is 13.1. The van der Waals surface area contributed by atoms with Gasteiger partial charge in [0.25, 0.3) is 0 Å². The predicted molar refractivity (Wildman–Crippen MR) is 135 cm³/mol. The Morgan fingerprint density at radius 3 is 2.62 bits per heavy atom. The number of nitrogens with zero attached hydrogens (tertiary/aromatic N) is 3. The van der Waals surface area contributed by atoms with Crippen molar-refractivity contribution in [2.75, 3.05) is 50.7 Å². The molecule has 0 amide bonds. The van der Waals surface area contributed by atoms with Gasteiger partial charge in [0.1, 0.15) is 0 Å². The zero-order valence-corrected chi connectivity index (χ0v) is 20.4. The van der Waals surface area contributed by atoms with Gasteiger partial charge in [-0.1, -0.05) is 31.2 Å². The number of nitrogens with one attached hydrogen (secondary N) is 2. The van der Waals surface area contributed by atoms with Crippen molar-refractivity contribution in [1.82, 2.24) is 15.5 Å². The van der Waals surface area contributed by atoms with Crippen molar-refractivity contribution in [2.24, 2.45) is 10.9 Å². The highest BCUT2D eigenvalue weighted by molar-refractivity contribution is 14.0. The molecule has 0 radical (unpaired) electrons. The summed E-state index contributed by atoms with van der Waals surface area (Å²) >= 11 is 0. The van der Waals surface area contributed by atoms with Gasteiger partial charge in [-0.2, -0.15) is 0 Å². The lowest BCUT2D eigenvalue weighted by Gasteiger charge is -2.30. The fraction of sp³-hybridized carbons (Fsp3) is 0.609. The van der Waals surface area contributed by atoms with Gasteiger partial charge in [0.05, 0.1) is 6.54 Å². The summed E-state index contributed by atoms with van der Waals surface area (Å²) in [5.74, 6) is 1.82. The molecule has 29 heavy (non-hydrogen) atoms. The molecule has 6 heteroatoms. The van der Waals surface area contributed by atoms with Crippen LogP contribution < -0.4 is 15.5 Å². The Labute approximate surface area is 194 Å². The second-order valence-corrected chi connectivity index (χ2v) is 8.05. The number of piperidine rings is 1. The molecule has 0 atom stereocenters. The van der Waals surface area contributed by atoms with Crippen LogP contribution in [-0.4, -0.2) is 56.7 Å². The molecule has 2 aliphatic heterocycles. The van der Waals surface area contributed by atoms with E-state index in [4.69, 9.17) is 4.99 Å². The average molecular weight is 511 g/mol. The van der Waals surface area contributed by atoms with Crippen LogP contribution >= 0.6 is 24.0 Å². The molecule has 0 aromatic heterocycles. The van der Waals surface area contributed by atoms with E-state index in [9.17, 15) is 0 Å². The molecule has 2 N–H and O–H groups in total. The minimum absolute atomic E-state index is 0. The van der Waals surface area contributed by atoms with Crippen molar-refractivity contribution >= 4 is 35.6 Å². The van der Waals surface area contributed by atoms with E-state index in [-0.39, 0.29) is 24.0 Å². The number of rotatable bonds is 8. The molecule has 2 heterocycles. The maximum absolute atomic E-state index is 4.79. The average Bonchev–Trinajstić information content (AvgIpc) is 3.26. The number of likely N-dealkylation sites (tertiary alicyclic amines) is 1. The molecule has 162 valence electrons. The summed E-state index contributed by atoms with van der Waals surface area (Å²) in [6.07, 6.45) is 8.31. The summed E-state index contributed by atoms with van der Waals surface area (Å²) in [6.45, 7) is 12.8. The summed E-state index contributed by atoms with van der Waals surface area (Å²) in [5, 5.41) is 6.87. The molecule has 0 spiro atoms. The number of hydrogen-bond acceptors (Lipinski definition) is 3. The molecule has 2 aliphatic rings. The van der Waals surface area contributed by atoms with Crippen molar-refractivity contribution in [2.45, 2.75) is 39.7 Å². The van der Waals surface area contributed by atoms with Crippen molar-refractivity contribution in [3.8, 4) is 0 Å². The number of anilines is 1. The first kappa shape index (κ1) is 24.0. The minimum atomic E-state index is 0. The highest BCUT2D eigenvalue weighted by Gasteiger charge is 2.14. The van der Waals surface area contributed by atoms with E-state index in [1.165, 1.54) is 43.7 Å². The lowest BCUT2D eigenvalue weighted by Crippen LogP contribution is -2.39. The monoisotopic (exact) mass is 511 g/mol. The number of aliphatic imine (C=N–C) groups is 1.